The van der Waals surface area contributed by atoms with Crippen LogP contribution in [0.5, 0.6) is 0 Å². The van der Waals surface area contributed by atoms with Crippen molar-refractivity contribution in [1.29, 1.82) is 0 Å². The molecule has 2 rings (SSSR count). The summed E-state index contributed by atoms with van der Waals surface area (Å²) in [4.78, 5) is 17.1. The highest BCUT2D eigenvalue weighted by molar-refractivity contribution is 7.91. The molecule has 0 bridgehead atoms. The summed E-state index contributed by atoms with van der Waals surface area (Å²) >= 11 is 0. The van der Waals surface area contributed by atoms with Gasteiger partial charge in [-0.1, -0.05) is 0 Å². The van der Waals surface area contributed by atoms with Crippen LogP contribution in [0.2, 0.25) is 0 Å². The first-order chi connectivity index (χ1) is 8.80. The fourth-order valence-corrected chi connectivity index (χ4v) is 3.90. The molecule has 1 fully saturated rings. The summed E-state index contributed by atoms with van der Waals surface area (Å²) in [6.07, 6.45) is 1.91. The Morgan fingerprint density at radius 2 is 2.21 bits per heavy atom. The lowest BCUT2D eigenvalue weighted by atomic mass is 10.2. The zero-order chi connectivity index (χ0) is 14.2. The molecule has 1 atom stereocenters. The van der Waals surface area contributed by atoms with Crippen LogP contribution in [0.25, 0.3) is 0 Å². The van der Waals surface area contributed by atoms with E-state index in [9.17, 15) is 13.2 Å². The number of carbonyl (C=O) groups is 1. The van der Waals surface area contributed by atoms with E-state index in [0.717, 1.165) is 0 Å². The predicted octanol–water partition coefficient (Wildman–Crippen LogP) is -0.614. The third kappa shape index (κ3) is 2.78. The molecule has 0 radical (unpaired) electrons. The largest absolute Gasteiger partial charge is 0.397 e. The van der Waals surface area contributed by atoms with Gasteiger partial charge in [0.25, 0.3) is 5.91 Å². The Bertz CT molecular complexity index is 614. The van der Waals surface area contributed by atoms with Gasteiger partial charge in [-0.25, -0.2) is 13.4 Å². The minimum Gasteiger partial charge on any atom is -0.397 e. The highest BCUT2D eigenvalue weighted by Gasteiger charge is 2.31. The minimum absolute atomic E-state index is 0.0987. The molecule has 0 saturated carbocycles. The molecule has 104 valence electrons. The molecule has 19 heavy (non-hydrogen) atoms. The topological polar surface area (TPSA) is 119 Å². The molecule has 2 heterocycles. The van der Waals surface area contributed by atoms with Gasteiger partial charge in [0.2, 0.25) is 0 Å². The maximum Gasteiger partial charge on any atom is 0.250 e. The van der Waals surface area contributed by atoms with Gasteiger partial charge in [0.1, 0.15) is 5.82 Å². The third-order valence-electron chi connectivity index (χ3n) is 3.30. The van der Waals surface area contributed by atoms with E-state index in [-0.39, 0.29) is 28.8 Å². The van der Waals surface area contributed by atoms with Crippen LogP contribution in [0.4, 0.5) is 11.5 Å². The van der Waals surface area contributed by atoms with E-state index in [2.05, 4.69) is 4.98 Å². The van der Waals surface area contributed by atoms with Crippen molar-refractivity contribution >= 4 is 27.2 Å². The average molecular weight is 284 g/mol. The van der Waals surface area contributed by atoms with E-state index in [1.54, 1.807) is 11.9 Å². The van der Waals surface area contributed by atoms with Crippen molar-refractivity contribution in [2.45, 2.75) is 12.5 Å². The molecule has 8 heteroatoms. The van der Waals surface area contributed by atoms with Crippen molar-refractivity contribution in [1.82, 2.24) is 4.98 Å². The first-order valence-electron chi connectivity index (χ1n) is 5.79. The van der Waals surface area contributed by atoms with E-state index in [0.29, 0.717) is 12.2 Å². The van der Waals surface area contributed by atoms with Crippen LogP contribution >= 0.6 is 0 Å². The number of pyridine rings is 1. The normalized spacial score (nSPS) is 21.2. The lowest BCUT2D eigenvalue weighted by molar-refractivity contribution is 0.100. The van der Waals surface area contributed by atoms with E-state index < -0.39 is 15.7 Å². The van der Waals surface area contributed by atoms with Crippen molar-refractivity contribution in [3.8, 4) is 0 Å². The number of nitrogens with zero attached hydrogens (tertiary/aromatic N) is 2. The molecular weight excluding hydrogens is 268 g/mol. The van der Waals surface area contributed by atoms with Gasteiger partial charge in [-0.3, -0.25) is 4.79 Å². The second-order valence-corrected chi connectivity index (χ2v) is 6.89. The number of rotatable bonds is 3. The Hall–Kier alpha value is -1.83. The summed E-state index contributed by atoms with van der Waals surface area (Å²) in [5, 5.41) is 0. The smallest absolute Gasteiger partial charge is 0.250 e. The molecule has 0 aliphatic carbocycles. The van der Waals surface area contributed by atoms with Gasteiger partial charge in [-0.15, -0.1) is 0 Å². The first-order valence-corrected chi connectivity index (χ1v) is 7.61. The molecule has 1 aromatic heterocycles. The molecular formula is C11H16N4O3S. The Balaban J connectivity index is 2.27. The molecule has 1 amide bonds. The Morgan fingerprint density at radius 3 is 2.74 bits per heavy atom. The Morgan fingerprint density at radius 1 is 1.53 bits per heavy atom. The van der Waals surface area contributed by atoms with Crippen LogP contribution < -0.4 is 16.4 Å². The van der Waals surface area contributed by atoms with Gasteiger partial charge in [-0.2, -0.15) is 0 Å². The number of carbonyl (C=O) groups excluding carboxylic acids is 1. The van der Waals surface area contributed by atoms with Gasteiger partial charge in [-0.05, 0) is 12.5 Å². The summed E-state index contributed by atoms with van der Waals surface area (Å²) in [5.74, 6) is 0.139. The Labute approximate surface area is 111 Å². The van der Waals surface area contributed by atoms with E-state index >= 15 is 0 Å². The lowest BCUT2D eigenvalue weighted by Gasteiger charge is -2.24. The molecule has 1 aromatic rings. The molecule has 1 aliphatic heterocycles. The fourth-order valence-electron chi connectivity index (χ4n) is 2.13. The van der Waals surface area contributed by atoms with E-state index in [1.807, 2.05) is 0 Å². The number of amides is 1. The highest BCUT2D eigenvalue weighted by atomic mass is 32.2. The monoisotopic (exact) mass is 284 g/mol. The van der Waals surface area contributed by atoms with Gasteiger partial charge in [0, 0.05) is 13.1 Å². The molecule has 7 nitrogen and oxygen atoms in total. The number of nitrogen functional groups attached to an aromatic ring is 1. The van der Waals surface area contributed by atoms with Gasteiger partial charge < -0.3 is 16.4 Å². The predicted molar refractivity (Wildman–Crippen MR) is 72.6 cm³/mol. The zero-order valence-electron chi connectivity index (χ0n) is 10.5. The Kier molecular flexibility index (Phi) is 3.36. The van der Waals surface area contributed by atoms with E-state index in [4.69, 9.17) is 11.5 Å². The van der Waals surface area contributed by atoms with E-state index in [1.165, 1.54) is 12.3 Å². The average Bonchev–Trinajstić information content (AvgIpc) is 2.69. The van der Waals surface area contributed by atoms with Crippen molar-refractivity contribution < 1.29 is 13.2 Å². The van der Waals surface area contributed by atoms with Gasteiger partial charge in [0.05, 0.1) is 29.0 Å². The number of primary amides is 1. The van der Waals surface area contributed by atoms with Crippen molar-refractivity contribution in [2.75, 3.05) is 29.2 Å². The standard InChI is InChI=1S/C11H16N4O3S/c1-15(7-2-3-19(17,18)6-7)10-4-8(11(13)16)9(12)5-14-10/h4-5,7H,2-3,6,12H2,1H3,(H2,13,16). The molecule has 1 aliphatic rings. The maximum atomic E-state index is 11.5. The van der Waals surface area contributed by atoms with Crippen molar-refractivity contribution in [3.63, 3.8) is 0 Å². The number of nitrogens with two attached hydrogens (primary N) is 2. The number of hydrogen-bond donors (Lipinski definition) is 2. The maximum absolute atomic E-state index is 11.5. The van der Waals surface area contributed by atoms with Crippen molar-refractivity contribution in [3.05, 3.63) is 17.8 Å². The van der Waals surface area contributed by atoms with Crippen LogP contribution in [-0.4, -0.2) is 43.9 Å². The second kappa shape index (κ2) is 4.69. The van der Waals surface area contributed by atoms with Crippen molar-refractivity contribution in [2.24, 2.45) is 5.73 Å². The van der Waals surface area contributed by atoms with Crippen LogP contribution in [0.3, 0.4) is 0 Å². The minimum atomic E-state index is -2.97. The quantitative estimate of drug-likeness (QED) is 0.764. The number of sulfone groups is 1. The first kappa shape index (κ1) is 13.6. The summed E-state index contributed by atoms with van der Waals surface area (Å²) < 4.78 is 22.9. The van der Waals surface area contributed by atoms with Crippen LogP contribution in [0.1, 0.15) is 16.8 Å². The van der Waals surface area contributed by atoms with Crippen LogP contribution in [0, 0.1) is 0 Å². The zero-order valence-corrected chi connectivity index (χ0v) is 11.4. The third-order valence-corrected chi connectivity index (χ3v) is 5.05. The summed E-state index contributed by atoms with van der Waals surface area (Å²) in [7, 11) is -1.22. The summed E-state index contributed by atoms with van der Waals surface area (Å²) in [5.41, 5.74) is 11.2. The highest BCUT2D eigenvalue weighted by Crippen LogP contribution is 2.23. The summed E-state index contributed by atoms with van der Waals surface area (Å²) in [6.45, 7) is 0. The fraction of sp³-hybridized carbons (Fsp3) is 0.455. The van der Waals surface area contributed by atoms with Gasteiger partial charge in [0.15, 0.2) is 9.84 Å². The van der Waals surface area contributed by atoms with Crippen LogP contribution in [-0.2, 0) is 9.84 Å². The molecule has 0 spiro atoms. The SMILES string of the molecule is CN(c1cc(C(N)=O)c(N)cn1)C1CCS(=O)(=O)C1. The molecule has 4 N–H and O–H groups in total. The second-order valence-electron chi connectivity index (χ2n) is 4.66. The number of hydrogen-bond acceptors (Lipinski definition) is 6. The molecule has 0 aromatic carbocycles. The molecule has 1 unspecified atom stereocenters. The number of aromatic nitrogens is 1. The lowest BCUT2D eigenvalue weighted by Crippen LogP contribution is -2.33. The number of anilines is 2. The van der Waals surface area contributed by atoms with Crippen LogP contribution in [0.15, 0.2) is 12.3 Å². The summed E-state index contributed by atoms with van der Waals surface area (Å²) in [6, 6.07) is 1.35. The van der Waals surface area contributed by atoms with Gasteiger partial charge >= 0.3 is 0 Å². The molecule has 1 saturated heterocycles.